The van der Waals surface area contributed by atoms with Gasteiger partial charge < -0.3 is 25.3 Å². The molecule has 0 aliphatic heterocycles. The summed E-state index contributed by atoms with van der Waals surface area (Å²) in [5.41, 5.74) is 6.37. The molecule has 0 spiro atoms. The average Bonchev–Trinajstić information content (AvgIpc) is 3.11. The third kappa shape index (κ3) is 5.61. The number of rotatable bonds is 6. The normalized spacial score (nSPS) is 12.9. The standard InChI is InChI=1S/C23H26FN3O3S/c1-14-8-11-21(30-14)19-10-9-18(13-20(19)24)31(15(2)28)27-17-7-5-6-16(12-17)26-22(29)23(3,4)25/h5-13,27-28H,25H2,1-4H3,(H,26,29). The number of nitrogens with two attached hydrogens (primary N) is 1. The predicted octanol–water partition coefficient (Wildman–Crippen LogP) is 5.43. The fraction of sp³-hybridized carbons (Fsp3) is 0.217. The van der Waals surface area contributed by atoms with E-state index in [-0.39, 0.29) is 11.0 Å². The highest BCUT2D eigenvalue weighted by atomic mass is 32.2. The van der Waals surface area contributed by atoms with Crippen molar-refractivity contribution in [1.29, 1.82) is 0 Å². The van der Waals surface area contributed by atoms with E-state index in [1.165, 1.54) is 6.07 Å². The van der Waals surface area contributed by atoms with Crippen LogP contribution in [0, 0.1) is 12.7 Å². The maximum absolute atomic E-state index is 14.8. The van der Waals surface area contributed by atoms with E-state index in [0.717, 1.165) is 0 Å². The zero-order valence-electron chi connectivity index (χ0n) is 17.8. The zero-order chi connectivity index (χ0) is 22.8. The van der Waals surface area contributed by atoms with Gasteiger partial charge in [0.1, 0.15) is 17.3 Å². The summed E-state index contributed by atoms with van der Waals surface area (Å²) in [5.74, 6) is 0.382. The molecule has 0 bridgehead atoms. The number of nitrogens with one attached hydrogen (secondary N) is 2. The monoisotopic (exact) mass is 443 g/mol. The van der Waals surface area contributed by atoms with Gasteiger partial charge in [0, 0.05) is 16.3 Å². The van der Waals surface area contributed by atoms with Gasteiger partial charge >= 0.3 is 0 Å². The number of amides is 1. The van der Waals surface area contributed by atoms with E-state index in [2.05, 4.69) is 10.0 Å². The number of hydrogen-bond donors (Lipinski definition) is 4. The van der Waals surface area contributed by atoms with Gasteiger partial charge in [-0.3, -0.25) is 4.79 Å². The number of hydrogen-bond acceptors (Lipinski definition) is 4. The Bertz CT molecular complexity index is 1140. The number of carbonyl (C=O) groups is 1. The third-order valence-corrected chi connectivity index (χ3v) is 6.16. The molecular formula is C23H26FN3O3S. The number of anilines is 2. The molecular weight excluding hydrogens is 417 g/mol. The second-order valence-corrected chi connectivity index (χ2v) is 9.61. The molecule has 1 heterocycles. The number of benzene rings is 2. The highest BCUT2D eigenvalue weighted by Crippen LogP contribution is 2.34. The van der Waals surface area contributed by atoms with Crippen LogP contribution < -0.4 is 15.8 Å². The SMILES string of the molecule is C/C(O)=S(\Nc1cccc(NC(=O)C(C)(C)N)c1)c1ccc(-c2ccc(C)o2)c(F)c1. The molecule has 164 valence electrons. The Kier molecular flexibility index (Phi) is 6.64. The average molecular weight is 444 g/mol. The summed E-state index contributed by atoms with van der Waals surface area (Å²) < 4.78 is 23.5. The predicted molar refractivity (Wildman–Crippen MR) is 125 cm³/mol. The van der Waals surface area contributed by atoms with Crippen molar-refractivity contribution < 1.29 is 18.7 Å². The Morgan fingerprint density at radius 3 is 2.42 bits per heavy atom. The quantitative estimate of drug-likeness (QED) is 0.381. The molecule has 1 unspecified atom stereocenters. The Balaban J connectivity index is 1.86. The van der Waals surface area contributed by atoms with Crippen LogP contribution in [0.4, 0.5) is 15.8 Å². The highest BCUT2D eigenvalue weighted by molar-refractivity contribution is 8.16. The summed E-state index contributed by atoms with van der Waals surface area (Å²) in [5, 5.41) is 13.1. The molecule has 1 aromatic heterocycles. The second-order valence-electron chi connectivity index (χ2n) is 7.74. The van der Waals surface area contributed by atoms with E-state index in [1.54, 1.807) is 76.2 Å². The lowest BCUT2D eigenvalue weighted by Crippen LogP contribution is -2.45. The fourth-order valence-corrected chi connectivity index (χ4v) is 4.17. The molecule has 0 saturated carbocycles. The number of aryl methyl sites for hydroxylation is 1. The first-order chi connectivity index (χ1) is 14.5. The molecule has 8 heteroatoms. The summed E-state index contributed by atoms with van der Waals surface area (Å²) in [7, 11) is -0.984. The van der Waals surface area contributed by atoms with Gasteiger partial charge in [-0.2, -0.15) is 0 Å². The molecule has 5 N–H and O–H groups in total. The first-order valence-electron chi connectivity index (χ1n) is 9.65. The van der Waals surface area contributed by atoms with Crippen molar-refractivity contribution in [2.45, 2.75) is 38.1 Å². The Morgan fingerprint density at radius 1 is 1.13 bits per heavy atom. The van der Waals surface area contributed by atoms with Crippen LogP contribution in [0.25, 0.3) is 11.3 Å². The molecule has 3 rings (SSSR count). The molecule has 6 nitrogen and oxygen atoms in total. The fourth-order valence-electron chi connectivity index (χ4n) is 2.78. The molecule has 2 aromatic carbocycles. The smallest absolute Gasteiger partial charge is 0.243 e. The Morgan fingerprint density at radius 2 is 1.84 bits per heavy atom. The summed E-state index contributed by atoms with van der Waals surface area (Å²) >= 11 is 0. The van der Waals surface area contributed by atoms with Crippen molar-refractivity contribution in [3.8, 4) is 11.3 Å². The van der Waals surface area contributed by atoms with Crippen molar-refractivity contribution in [3.05, 3.63) is 66.2 Å². The molecule has 3 aromatic rings. The Hall–Kier alpha value is -2.94. The summed E-state index contributed by atoms with van der Waals surface area (Å²) in [6.07, 6.45) is 0. The molecule has 0 aliphatic rings. The number of aliphatic hydroxyl groups is 1. The van der Waals surface area contributed by atoms with Gasteiger partial charge in [0.05, 0.1) is 16.2 Å². The van der Waals surface area contributed by atoms with Gasteiger partial charge in [-0.1, -0.05) is 6.07 Å². The molecule has 0 saturated heterocycles. The number of aliphatic hydroxyl groups excluding tert-OH is 1. The van der Waals surface area contributed by atoms with E-state index < -0.39 is 22.0 Å². The minimum absolute atomic E-state index is 0.0959. The summed E-state index contributed by atoms with van der Waals surface area (Å²) in [4.78, 5) is 12.7. The molecule has 0 radical (unpaired) electrons. The van der Waals surface area contributed by atoms with Gasteiger partial charge in [-0.05, 0) is 86.9 Å². The van der Waals surface area contributed by atoms with Crippen LogP contribution in [0.5, 0.6) is 0 Å². The summed E-state index contributed by atoms with van der Waals surface area (Å²) in [6.45, 7) is 6.59. The van der Waals surface area contributed by atoms with Crippen LogP contribution in [0.1, 0.15) is 26.5 Å². The molecule has 31 heavy (non-hydrogen) atoms. The van der Waals surface area contributed by atoms with Crippen LogP contribution in [0.15, 0.2) is 63.9 Å². The maximum Gasteiger partial charge on any atom is 0.243 e. The first-order valence-corrected chi connectivity index (χ1v) is 10.9. The molecule has 1 amide bonds. The lowest BCUT2D eigenvalue weighted by atomic mass is 10.1. The molecule has 0 fully saturated rings. The lowest BCUT2D eigenvalue weighted by molar-refractivity contribution is -0.120. The molecule has 1 atom stereocenters. The van der Waals surface area contributed by atoms with E-state index >= 15 is 0 Å². The topological polar surface area (TPSA) is 101 Å². The Labute approximate surface area is 183 Å². The van der Waals surface area contributed by atoms with Gasteiger partial charge in [-0.15, -0.1) is 0 Å². The van der Waals surface area contributed by atoms with E-state index in [9.17, 15) is 14.3 Å². The van der Waals surface area contributed by atoms with Crippen LogP contribution in [0.3, 0.4) is 0 Å². The van der Waals surface area contributed by atoms with Crippen LogP contribution >= 0.6 is 10.7 Å². The van der Waals surface area contributed by atoms with Crippen LogP contribution in [-0.4, -0.2) is 21.6 Å². The molecule has 0 aliphatic carbocycles. The van der Waals surface area contributed by atoms with Crippen LogP contribution in [0.2, 0.25) is 0 Å². The summed E-state index contributed by atoms with van der Waals surface area (Å²) in [6, 6.07) is 15.3. The van der Waals surface area contributed by atoms with Crippen molar-refractivity contribution in [2.75, 3.05) is 10.0 Å². The van der Waals surface area contributed by atoms with E-state index in [0.29, 0.717) is 33.4 Å². The minimum atomic E-state index is -1.02. The highest BCUT2D eigenvalue weighted by Gasteiger charge is 2.21. The van der Waals surface area contributed by atoms with E-state index in [4.69, 9.17) is 10.2 Å². The van der Waals surface area contributed by atoms with Gasteiger partial charge in [0.15, 0.2) is 0 Å². The lowest BCUT2D eigenvalue weighted by Gasteiger charge is -2.19. The van der Waals surface area contributed by atoms with Crippen LogP contribution in [-0.2, 0) is 4.79 Å². The zero-order valence-corrected chi connectivity index (χ0v) is 18.6. The van der Waals surface area contributed by atoms with Crippen molar-refractivity contribution in [1.82, 2.24) is 0 Å². The maximum atomic E-state index is 14.8. The minimum Gasteiger partial charge on any atom is -0.461 e. The third-order valence-electron chi connectivity index (χ3n) is 4.40. The largest absolute Gasteiger partial charge is 0.461 e. The van der Waals surface area contributed by atoms with Gasteiger partial charge in [-0.25, -0.2) is 4.39 Å². The van der Waals surface area contributed by atoms with E-state index in [1.807, 2.05) is 0 Å². The number of furan rings is 1. The number of halogens is 1. The van der Waals surface area contributed by atoms with Crippen molar-refractivity contribution in [2.24, 2.45) is 5.73 Å². The van der Waals surface area contributed by atoms with Crippen molar-refractivity contribution in [3.63, 3.8) is 0 Å². The first kappa shape index (κ1) is 22.7. The number of carbonyl (C=O) groups excluding carboxylic acids is 1. The van der Waals surface area contributed by atoms with Gasteiger partial charge in [0.2, 0.25) is 5.91 Å². The van der Waals surface area contributed by atoms with Crippen molar-refractivity contribution >= 4 is 33.0 Å². The van der Waals surface area contributed by atoms with Gasteiger partial charge in [0.25, 0.3) is 0 Å². The second kappa shape index (κ2) is 9.05.